The predicted molar refractivity (Wildman–Crippen MR) is 79.3 cm³/mol. The highest BCUT2D eigenvalue weighted by Gasteiger charge is 2.06. The minimum atomic E-state index is 0.265. The summed E-state index contributed by atoms with van der Waals surface area (Å²) in [6, 6.07) is 12.2. The summed E-state index contributed by atoms with van der Waals surface area (Å²) in [5, 5.41) is 6.24. The fraction of sp³-hybridized carbons (Fsp3) is 0.286. The Morgan fingerprint density at radius 3 is 2.53 bits per heavy atom. The molecule has 19 heavy (non-hydrogen) atoms. The van der Waals surface area contributed by atoms with E-state index in [1.54, 1.807) is 7.05 Å². The van der Waals surface area contributed by atoms with E-state index in [0.717, 1.165) is 12.4 Å². The molecule has 1 atom stereocenters. The van der Waals surface area contributed by atoms with Crippen molar-refractivity contribution in [2.45, 2.75) is 12.8 Å². The number of benzene rings is 1. The summed E-state index contributed by atoms with van der Waals surface area (Å²) in [7, 11) is 1.80. The van der Waals surface area contributed by atoms with Crippen LogP contribution in [0.2, 0.25) is 0 Å². The standard InChI is InChI=1S/C14H19N5/c1-10(11-6-4-3-5-7-11)9-17-13-8-12(16-2)18-14(15)19-13/h3-8,10H,9H2,1-2H3,(H4,15,16,17,18,19). The second-order valence-electron chi connectivity index (χ2n) is 4.44. The van der Waals surface area contributed by atoms with E-state index in [1.807, 2.05) is 24.3 Å². The van der Waals surface area contributed by atoms with E-state index in [-0.39, 0.29) is 5.95 Å². The molecule has 0 saturated heterocycles. The quantitative estimate of drug-likeness (QED) is 0.766. The third kappa shape index (κ3) is 3.58. The smallest absolute Gasteiger partial charge is 0.223 e. The van der Waals surface area contributed by atoms with Gasteiger partial charge in [0.25, 0.3) is 0 Å². The number of hydrogen-bond acceptors (Lipinski definition) is 5. The van der Waals surface area contributed by atoms with Crippen molar-refractivity contribution in [3.8, 4) is 0 Å². The van der Waals surface area contributed by atoms with Gasteiger partial charge in [-0.3, -0.25) is 0 Å². The van der Waals surface area contributed by atoms with Crippen LogP contribution < -0.4 is 16.4 Å². The zero-order chi connectivity index (χ0) is 13.7. The largest absolute Gasteiger partial charge is 0.373 e. The van der Waals surface area contributed by atoms with Crippen molar-refractivity contribution in [1.82, 2.24) is 9.97 Å². The van der Waals surface area contributed by atoms with E-state index < -0.39 is 0 Å². The first kappa shape index (κ1) is 13.1. The summed E-state index contributed by atoms with van der Waals surface area (Å²) in [6.07, 6.45) is 0. The Bertz CT molecular complexity index is 527. The van der Waals surface area contributed by atoms with Crippen molar-refractivity contribution in [2.24, 2.45) is 0 Å². The molecule has 1 aromatic heterocycles. The number of nitrogens with one attached hydrogen (secondary N) is 2. The monoisotopic (exact) mass is 257 g/mol. The van der Waals surface area contributed by atoms with Gasteiger partial charge in [0.05, 0.1) is 0 Å². The van der Waals surface area contributed by atoms with Gasteiger partial charge in [-0.2, -0.15) is 9.97 Å². The molecule has 1 unspecified atom stereocenters. The minimum absolute atomic E-state index is 0.265. The van der Waals surface area contributed by atoms with Crippen LogP contribution in [0, 0.1) is 0 Å². The third-order valence-electron chi connectivity index (χ3n) is 2.96. The van der Waals surface area contributed by atoms with Gasteiger partial charge in [-0.15, -0.1) is 0 Å². The molecule has 5 nitrogen and oxygen atoms in total. The normalized spacial score (nSPS) is 11.9. The Morgan fingerprint density at radius 1 is 1.16 bits per heavy atom. The van der Waals surface area contributed by atoms with Gasteiger partial charge in [-0.25, -0.2) is 0 Å². The fourth-order valence-corrected chi connectivity index (χ4v) is 1.84. The van der Waals surface area contributed by atoms with Crippen LogP contribution >= 0.6 is 0 Å². The average molecular weight is 257 g/mol. The fourth-order valence-electron chi connectivity index (χ4n) is 1.84. The van der Waals surface area contributed by atoms with Crippen LogP contribution in [0.4, 0.5) is 17.6 Å². The summed E-state index contributed by atoms with van der Waals surface area (Å²) in [5.41, 5.74) is 6.95. The summed E-state index contributed by atoms with van der Waals surface area (Å²) in [4.78, 5) is 8.22. The van der Waals surface area contributed by atoms with E-state index in [9.17, 15) is 0 Å². The molecule has 2 aromatic rings. The van der Waals surface area contributed by atoms with E-state index >= 15 is 0 Å². The van der Waals surface area contributed by atoms with Gasteiger partial charge in [0.2, 0.25) is 5.95 Å². The van der Waals surface area contributed by atoms with Gasteiger partial charge in [0.1, 0.15) is 11.6 Å². The van der Waals surface area contributed by atoms with Gasteiger partial charge in [0, 0.05) is 19.7 Å². The predicted octanol–water partition coefficient (Wildman–Crippen LogP) is 2.32. The Hall–Kier alpha value is -2.30. The zero-order valence-corrected chi connectivity index (χ0v) is 11.2. The van der Waals surface area contributed by atoms with Gasteiger partial charge in [0.15, 0.2) is 0 Å². The molecule has 0 radical (unpaired) electrons. The molecule has 0 fully saturated rings. The molecule has 2 rings (SSSR count). The van der Waals surface area contributed by atoms with Gasteiger partial charge >= 0.3 is 0 Å². The number of nitrogens with zero attached hydrogens (tertiary/aromatic N) is 2. The van der Waals surface area contributed by atoms with Crippen molar-refractivity contribution in [3.63, 3.8) is 0 Å². The van der Waals surface area contributed by atoms with Crippen LogP contribution in [0.3, 0.4) is 0 Å². The molecule has 0 aliphatic carbocycles. The Kier molecular flexibility index (Phi) is 4.18. The Labute approximate surface area is 113 Å². The van der Waals surface area contributed by atoms with Crippen molar-refractivity contribution in [3.05, 3.63) is 42.0 Å². The number of rotatable bonds is 5. The van der Waals surface area contributed by atoms with Crippen molar-refractivity contribution >= 4 is 17.6 Å². The molecule has 0 aliphatic heterocycles. The molecule has 1 aromatic carbocycles. The SMILES string of the molecule is CNc1cc(NCC(C)c2ccccc2)nc(N)n1. The number of hydrogen-bond donors (Lipinski definition) is 3. The molecule has 5 heteroatoms. The lowest BCUT2D eigenvalue weighted by molar-refractivity contribution is 0.801. The molecule has 100 valence electrons. The van der Waals surface area contributed by atoms with Crippen LogP contribution in [-0.2, 0) is 0 Å². The average Bonchev–Trinajstić information content (AvgIpc) is 2.45. The molecular formula is C14H19N5. The second kappa shape index (κ2) is 6.04. The summed E-state index contributed by atoms with van der Waals surface area (Å²) < 4.78 is 0. The zero-order valence-electron chi connectivity index (χ0n) is 11.2. The van der Waals surface area contributed by atoms with Crippen LogP contribution in [0.25, 0.3) is 0 Å². The Balaban J connectivity index is 2.01. The number of nitrogen functional groups attached to an aromatic ring is 1. The van der Waals surface area contributed by atoms with E-state index in [2.05, 4.69) is 39.7 Å². The van der Waals surface area contributed by atoms with Gasteiger partial charge in [-0.05, 0) is 11.5 Å². The van der Waals surface area contributed by atoms with E-state index in [0.29, 0.717) is 11.7 Å². The number of nitrogens with two attached hydrogens (primary N) is 1. The first-order chi connectivity index (χ1) is 9.19. The second-order valence-corrected chi connectivity index (χ2v) is 4.44. The highest BCUT2D eigenvalue weighted by Crippen LogP contribution is 2.17. The first-order valence-electron chi connectivity index (χ1n) is 6.30. The highest BCUT2D eigenvalue weighted by molar-refractivity contribution is 5.50. The third-order valence-corrected chi connectivity index (χ3v) is 2.96. The highest BCUT2D eigenvalue weighted by atomic mass is 15.1. The summed E-state index contributed by atoms with van der Waals surface area (Å²) >= 11 is 0. The summed E-state index contributed by atoms with van der Waals surface area (Å²) in [6.45, 7) is 2.97. The molecule has 1 heterocycles. The molecule has 0 amide bonds. The number of anilines is 3. The van der Waals surface area contributed by atoms with Crippen LogP contribution in [0.1, 0.15) is 18.4 Å². The lowest BCUT2D eigenvalue weighted by Crippen LogP contribution is -2.12. The van der Waals surface area contributed by atoms with Crippen LogP contribution in [0.5, 0.6) is 0 Å². The summed E-state index contributed by atoms with van der Waals surface area (Å²) in [5.74, 6) is 2.11. The minimum Gasteiger partial charge on any atom is -0.373 e. The van der Waals surface area contributed by atoms with Crippen molar-refractivity contribution in [1.29, 1.82) is 0 Å². The van der Waals surface area contributed by atoms with Crippen molar-refractivity contribution < 1.29 is 0 Å². The maximum Gasteiger partial charge on any atom is 0.223 e. The molecular weight excluding hydrogens is 238 g/mol. The van der Waals surface area contributed by atoms with Gasteiger partial charge < -0.3 is 16.4 Å². The molecule has 0 bridgehead atoms. The van der Waals surface area contributed by atoms with Crippen LogP contribution in [0.15, 0.2) is 36.4 Å². The Morgan fingerprint density at radius 2 is 1.84 bits per heavy atom. The maximum absolute atomic E-state index is 5.65. The van der Waals surface area contributed by atoms with E-state index in [1.165, 1.54) is 5.56 Å². The topological polar surface area (TPSA) is 75.9 Å². The molecule has 0 saturated carbocycles. The molecule has 0 spiro atoms. The lowest BCUT2D eigenvalue weighted by Gasteiger charge is -2.14. The lowest BCUT2D eigenvalue weighted by atomic mass is 10.0. The van der Waals surface area contributed by atoms with E-state index in [4.69, 9.17) is 5.73 Å². The first-order valence-corrected chi connectivity index (χ1v) is 6.30. The van der Waals surface area contributed by atoms with Crippen molar-refractivity contribution in [2.75, 3.05) is 30.0 Å². The number of aromatic nitrogens is 2. The van der Waals surface area contributed by atoms with Gasteiger partial charge in [-0.1, -0.05) is 37.3 Å². The molecule has 4 N–H and O–H groups in total. The van der Waals surface area contributed by atoms with Crippen LogP contribution in [-0.4, -0.2) is 23.6 Å². The maximum atomic E-state index is 5.65. The molecule has 0 aliphatic rings.